The molecule has 1 aromatic heterocycles. The summed E-state index contributed by atoms with van der Waals surface area (Å²) in [6.07, 6.45) is 1.79. The summed E-state index contributed by atoms with van der Waals surface area (Å²) in [4.78, 5) is 34.1. The van der Waals surface area contributed by atoms with Crippen molar-refractivity contribution in [2.45, 2.75) is 32.7 Å². The van der Waals surface area contributed by atoms with E-state index in [1.165, 1.54) is 21.6 Å². The molecule has 182 valence electrons. The molecule has 1 atom stereocenters. The molecule has 2 aliphatic heterocycles. The van der Waals surface area contributed by atoms with Gasteiger partial charge in [-0.1, -0.05) is 42.0 Å². The van der Waals surface area contributed by atoms with Crippen LogP contribution in [0, 0.1) is 13.8 Å². The SMILES string of the molecule is Cc1ccc(C(=O)N2CCCN(C(=O)CN3CCc4sccc4[C@H]3c3ccccc3C)CC2)cc1. The zero-order valence-corrected chi connectivity index (χ0v) is 21.4. The number of hydrogen-bond donors (Lipinski definition) is 0. The minimum Gasteiger partial charge on any atom is -0.340 e. The lowest BCUT2D eigenvalue weighted by atomic mass is 9.90. The Labute approximate surface area is 212 Å². The zero-order chi connectivity index (χ0) is 24.4. The van der Waals surface area contributed by atoms with Crippen molar-refractivity contribution in [3.63, 3.8) is 0 Å². The van der Waals surface area contributed by atoms with Gasteiger partial charge in [-0.3, -0.25) is 14.5 Å². The third-order valence-electron chi connectivity index (χ3n) is 7.32. The van der Waals surface area contributed by atoms with E-state index >= 15 is 0 Å². The summed E-state index contributed by atoms with van der Waals surface area (Å²) in [5, 5.41) is 2.18. The van der Waals surface area contributed by atoms with Gasteiger partial charge in [0, 0.05) is 43.2 Å². The van der Waals surface area contributed by atoms with Crippen molar-refractivity contribution in [2.24, 2.45) is 0 Å². The fourth-order valence-electron chi connectivity index (χ4n) is 5.32. The quantitative estimate of drug-likeness (QED) is 0.536. The molecule has 5 nitrogen and oxygen atoms in total. The molecule has 3 heterocycles. The Balaban J connectivity index is 1.28. The molecule has 2 amide bonds. The predicted molar refractivity (Wildman–Crippen MR) is 141 cm³/mol. The van der Waals surface area contributed by atoms with Gasteiger partial charge in [-0.15, -0.1) is 11.3 Å². The van der Waals surface area contributed by atoms with Crippen molar-refractivity contribution >= 4 is 23.2 Å². The lowest BCUT2D eigenvalue weighted by molar-refractivity contribution is -0.132. The fourth-order valence-corrected chi connectivity index (χ4v) is 6.22. The Morgan fingerprint density at radius 1 is 0.857 bits per heavy atom. The molecule has 0 spiro atoms. The van der Waals surface area contributed by atoms with Crippen LogP contribution < -0.4 is 0 Å². The number of carbonyl (C=O) groups is 2. The number of nitrogens with zero attached hydrogens (tertiary/aromatic N) is 3. The first-order chi connectivity index (χ1) is 17.0. The van der Waals surface area contributed by atoms with Gasteiger partial charge in [-0.2, -0.15) is 0 Å². The van der Waals surface area contributed by atoms with Crippen LogP contribution in [0.3, 0.4) is 0 Å². The maximum atomic E-state index is 13.5. The number of aryl methyl sites for hydroxylation is 2. The van der Waals surface area contributed by atoms with Gasteiger partial charge in [-0.25, -0.2) is 0 Å². The number of fused-ring (bicyclic) bond motifs is 1. The first kappa shape index (κ1) is 23.8. The van der Waals surface area contributed by atoms with Gasteiger partial charge < -0.3 is 9.80 Å². The van der Waals surface area contributed by atoms with Crippen LogP contribution in [0.1, 0.15) is 50.0 Å². The molecule has 2 aromatic carbocycles. The highest BCUT2D eigenvalue weighted by molar-refractivity contribution is 7.10. The predicted octanol–water partition coefficient (Wildman–Crippen LogP) is 4.69. The summed E-state index contributed by atoms with van der Waals surface area (Å²) in [6, 6.07) is 18.6. The molecule has 0 radical (unpaired) electrons. The standard InChI is InChI=1S/C29H33N3O2S/c1-21-8-10-23(11-9-21)29(34)31-15-5-14-30(17-18-31)27(33)20-32-16-12-26-25(13-19-35-26)28(32)24-7-4-3-6-22(24)2/h3-4,6-11,13,19,28H,5,12,14-18,20H2,1-2H3/t28-/m1/s1. The molecular weight excluding hydrogens is 454 g/mol. The van der Waals surface area contributed by atoms with Gasteiger partial charge in [-0.05, 0) is 67.0 Å². The molecular formula is C29H33N3O2S. The zero-order valence-electron chi connectivity index (χ0n) is 20.6. The second-order valence-electron chi connectivity index (χ2n) is 9.67. The summed E-state index contributed by atoms with van der Waals surface area (Å²) >= 11 is 1.82. The number of thiophene rings is 1. The van der Waals surface area contributed by atoms with Gasteiger partial charge >= 0.3 is 0 Å². The van der Waals surface area contributed by atoms with Crippen LogP contribution in [0.2, 0.25) is 0 Å². The normalized spacial score (nSPS) is 18.7. The van der Waals surface area contributed by atoms with E-state index < -0.39 is 0 Å². The average molecular weight is 488 g/mol. The van der Waals surface area contributed by atoms with Crippen LogP contribution in [0.15, 0.2) is 60.0 Å². The van der Waals surface area contributed by atoms with E-state index in [4.69, 9.17) is 0 Å². The number of amides is 2. The molecule has 0 aliphatic carbocycles. The maximum absolute atomic E-state index is 13.5. The number of rotatable bonds is 4. The van der Waals surface area contributed by atoms with E-state index in [0.717, 1.165) is 30.5 Å². The van der Waals surface area contributed by atoms with E-state index in [0.29, 0.717) is 32.7 Å². The molecule has 35 heavy (non-hydrogen) atoms. The second kappa shape index (κ2) is 10.3. The third-order valence-corrected chi connectivity index (χ3v) is 8.32. The first-order valence-electron chi connectivity index (χ1n) is 12.5. The van der Waals surface area contributed by atoms with Gasteiger partial charge in [0.1, 0.15) is 0 Å². The molecule has 3 aromatic rings. The van der Waals surface area contributed by atoms with E-state index in [-0.39, 0.29) is 17.9 Å². The van der Waals surface area contributed by atoms with Crippen LogP contribution in [-0.4, -0.2) is 65.8 Å². The van der Waals surface area contributed by atoms with Crippen LogP contribution in [0.4, 0.5) is 0 Å². The van der Waals surface area contributed by atoms with Crippen molar-refractivity contribution in [2.75, 3.05) is 39.3 Å². The lowest BCUT2D eigenvalue weighted by Crippen LogP contribution is -2.45. The molecule has 0 N–H and O–H groups in total. The van der Waals surface area contributed by atoms with Crippen molar-refractivity contribution in [3.05, 3.63) is 92.7 Å². The molecule has 0 unspecified atom stereocenters. The molecule has 5 rings (SSSR count). The third kappa shape index (κ3) is 5.04. The minimum absolute atomic E-state index is 0.0555. The van der Waals surface area contributed by atoms with Crippen LogP contribution >= 0.6 is 11.3 Å². The number of carbonyl (C=O) groups excluding carboxylic acids is 2. The summed E-state index contributed by atoms with van der Waals surface area (Å²) < 4.78 is 0. The summed E-state index contributed by atoms with van der Waals surface area (Å²) in [5.41, 5.74) is 5.75. The van der Waals surface area contributed by atoms with Gasteiger partial charge in [0.2, 0.25) is 5.91 Å². The van der Waals surface area contributed by atoms with E-state index in [9.17, 15) is 9.59 Å². The molecule has 0 bridgehead atoms. The Kier molecular flexibility index (Phi) is 7.02. The molecule has 2 aliphatic rings. The highest BCUT2D eigenvalue weighted by atomic mass is 32.1. The Hall–Kier alpha value is -2.96. The lowest BCUT2D eigenvalue weighted by Gasteiger charge is -2.37. The van der Waals surface area contributed by atoms with Crippen molar-refractivity contribution in [1.29, 1.82) is 0 Å². The largest absolute Gasteiger partial charge is 0.340 e. The summed E-state index contributed by atoms with van der Waals surface area (Å²) in [6.45, 7) is 8.01. The first-order valence-corrected chi connectivity index (χ1v) is 13.4. The van der Waals surface area contributed by atoms with E-state index in [2.05, 4.69) is 47.5 Å². The molecule has 1 saturated heterocycles. The van der Waals surface area contributed by atoms with Crippen molar-refractivity contribution < 1.29 is 9.59 Å². The molecule has 0 saturated carbocycles. The van der Waals surface area contributed by atoms with Crippen LogP contribution in [0.25, 0.3) is 0 Å². The van der Waals surface area contributed by atoms with E-state index in [1.54, 1.807) is 0 Å². The summed E-state index contributed by atoms with van der Waals surface area (Å²) in [7, 11) is 0. The van der Waals surface area contributed by atoms with Crippen molar-refractivity contribution in [3.8, 4) is 0 Å². The molecule has 6 heteroatoms. The van der Waals surface area contributed by atoms with E-state index in [1.807, 2.05) is 52.3 Å². The van der Waals surface area contributed by atoms with Crippen LogP contribution in [0.5, 0.6) is 0 Å². The number of hydrogen-bond acceptors (Lipinski definition) is 4. The van der Waals surface area contributed by atoms with Crippen molar-refractivity contribution in [1.82, 2.24) is 14.7 Å². The Morgan fingerprint density at radius 2 is 1.60 bits per heavy atom. The summed E-state index contributed by atoms with van der Waals surface area (Å²) in [5.74, 6) is 0.215. The Bertz CT molecular complexity index is 1200. The van der Waals surface area contributed by atoms with Gasteiger partial charge in [0.05, 0.1) is 12.6 Å². The Morgan fingerprint density at radius 3 is 2.40 bits per heavy atom. The van der Waals surface area contributed by atoms with Gasteiger partial charge in [0.25, 0.3) is 5.91 Å². The average Bonchev–Trinajstić information content (AvgIpc) is 3.20. The second-order valence-corrected chi connectivity index (χ2v) is 10.7. The fraction of sp³-hybridized carbons (Fsp3) is 0.379. The highest BCUT2D eigenvalue weighted by Gasteiger charge is 2.33. The number of benzene rings is 2. The van der Waals surface area contributed by atoms with Gasteiger partial charge in [0.15, 0.2) is 0 Å². The molecule has 1 fully saturated rings. The smallest absolute Gasteiger partial charge is 0.253 e. The minimum atomic E-state index is 0.0555. The topological polar surface area (TPSA) is 43.9 Å². The maximum Gasteiger partial charge on any atom is 0.253 e. The monoisotopic (exact) mass is 487 g/mol. The van der Waals surface area contributed by atoms with Crippen LogP contribution in [-0.2, 0) is 11.2 Å². The highest BCUT2D eigenvalue weighted by Crippen LogP contribution is 2.38.